The van der Waals surface area contributed by atoms with Gasteiger partial charge in [-0.3, -0.25) is 14.9 Å². The molecule has 0 aliphatic carbocycles. The molecule has 0 saturated heterocycles. The molecule has 9 nitrogen and oxygen atoms in total. The lowest BCUT2D eigenvalue weighted by Gasteiger charge is -2.04. The molecule has 0 radical (unpaired) electrons. The van der Waals surface area contributed by atoms with Gasteiger partial charge in [-0.2, -0.15) is 0 Å². The summed E-state index contributed by atoms with van der Waals surface area (Å²) in [7, 11) is 0. The van der Waals surface area contributed by atoms with E-state index in [1.165, 1.54) is 24.3 Å². The Morgan fingerprint density at radius 3 is 2.70 bits per heavy atom. The van der Waals surface area contributed by atoms with Gasteiger partial charge in [0.1, 0.15) is 5.69 Å². The molecule has 0 spiro atoms. The average Bonchev–Trinajstić information content (AvgIpc) is 2.88. The van der Waals surface area contributed by atoms with Crippen LogP contribution in [0, 0.1) is 10.1 Å². The standard InChI is InChI=1S/C11H8N4O5/c16-10(8-9(11(17)18)13-5-12-8)14-6-3-1-2-4-7(6)15(19)20/h1-5H,(H,12,13)(H,14,16)(H,17,18). The van der Waals surface area contributed by atoms with Crippen LogP contribution in [0.15, 0.2) is 30.6 Å². The summed E-state index contributed by atoms with van der Waals surface area (Å²) in [5.41, 5.74) is -1.08. The van der Waals surface area contributed by atoms with Crippen molar-refractivity contribution in [3.05, 3.63) is 52.1 Å². The van der Waals surface area contributed by atoms with E-state index in [9.17, 15) is 19.7 Å². The number of H-pyrrole nitrogens is 1. The number of aromatic nitrogens is 2. The largest absolute Gasteiger partial charge is 0.477 e. The minimum absolute atomic E-state index is 0.0400. The zero-order chi connectivity index (χ0) is 14.7. The number of nitro groups is 1. The number of imidazole rings is 1. The molecule has 3 N–H and O–H groups in total. The van der Waals surface area contributed by atoms with Crippen LogP contribution in [0.4, 0.5) is 11.4 Å². The predicted molar refractivity (Wildman–Crippen MR) is 66.6 cm³/mol. The summed E-state index contributed by atoms with van der Waals surface area (Å²) in [6.07, 6.45) is 1.05. The Morgan fingerprint density at radius 1 is 1.35 bits per heavy atom. The minimum Gasteiger partial charge on any atom is -0.477 e. The molecule has 20 heavy (non-hydrogen) atoms. The number of para-hydroxylation sites is 2. The molecule has 0 atom stereocenters. The molecule has 0 aliphatic rings. The van der Waals surface area contributed by atoms with E-state index in [1.54, 1.807) is 0 Å². The first kappa shape index (κ1) is 13.2. The first-order chi connectivity index (χ1) is 9.50. The molecule has 1 aromatic heterocycles. The van der Waals surface area contributed by atoms with Crippen molar-refractivity contribution in [2.45, 2.75) is 0 Å². The number of carbonyl (C=O) groups is 2. The highest BCUT2D eigenvalue weighted by molar-refractivity contribution is 6.09. The monoisotopic (exact) mass is 276 g/mol. The molecule has 1 amide bonds. The summed E-state index contributed by atoms with van der Waals surface area (Å²) in [5.74, 6) is -2.20. The number of nitrogens with one attached hydrogen (secondary N) is 2. The highest BCUT2D eigenvalue weighted by atomic mass is 16.6. The Labute approximate surface area is 111 Å². The average molecular weight is 276 g/mol. The number of carboxylic acid groups (broad SMARTS) is 1. The van der Waals surface area contributed by atoms with Gasteiger partial charge in [-0.15, -0.1) is 0 Å². The van der Waals surface area contributed by atoms with Crippen LogP contribution < -0.4 is 5.32 Å². The van der Waals surface area contributed by atoms with Crippen molar-refractivity contribution in [3.8, 4) is 0 Å². The zero-order valence-electron chi connectivity index (χ0n) is 9.86. The van der Waals surface area contributed by atoms with Crippen molar-refractivity contribution in [1.29, 1.82) is 0 Å². The summed E-state index contributed by atoms with van der Waals surface area (Å²) < 4.78 is 0. The Hall–Kier alpha value is -3.23. The van der Waals surface area contributed by atoms with E-state index in [2.05, 4.69) is 15.3 Å². The maximum Gasteiger partial charge on any atom is 0.354 e. The Balaban J connectivity index is 2.31. The second-order valence-corrected chi connectivity index (χ2v) is 3.66. The van der Waals surface area contributed by atoms with Gasteiger partial charge in [0.05, 0.1) is 11.3 Å². The maximum absolute atomic E-state index is 11.9. The van der Waals surface area contributed by atoms with E-state index >= 15 is 0 Å². The van der Waals surface area contributed by atoms with Crippen LogP contribution in [0.2, 0.25) is 0 Å². The number of benzene rings is 1. The van der Waals surface area contributed by atoms with Crippen LogP contribution in [0.5, 0.6) is 0 Å². The summed E-state index contributed by atoms with van der Waals surface area (Å²) in [6.45, 7) is 0. The van der Waals surface area contributed by atoms with E-state index in [-0.39, 0.29) is 22.8 Å². The van der Waals surface area contributed by atoms with Crippen LogP contribution in [0.3, 0.4) is 0 Å². The van der Waals surface area contributed by atoms with Crippen molar-refractivity contribution in [1.82, 2.24) is 9.97 Å². The van der Waals surface area contributed by atoms with Gasteiger partial charge >= 0.3 is 5.97 Å². The Morgan fingerprint density at radius 2 is 2.05 bits per heavy atom. The number of nitro benzene ring substituents is 1. The summed E-state index contributed by atoms with van der Waals surface area (Å²) in [5, 5.41) is 21.9. The molecule has 0 fully saturated rings. The number of hydrogen-bond acceptors (Lipinski definition) is 5. The van der Waals surface area contributed by atoms with E-state index in [0.717, 1.165) is 6.33 Å². The fourth-order valence-electron chi connectivity index (χ4n) is 1.55. The van der Waals surface area contributed by atoms with Gasteiger partial charge in [0, 0.05) is 6.07 Å². The van der Waals surface area contributed by atoms with E-state index in [4.69, 9.17) is 5.11 Å². The summed E-state index contributed by atoms with van der Waals surface area (Å²) in [4.78, 5) is 38.8. The lowest BCUT2D eigenvalue weighted by atomic mass is 10.2. The number of anilines is 1. The fraction of sp³-hybridized carbons (Fsp3) is 0. The lowest BCUT2D eigenvalue weighted by molar-refractivity contribution is -0.383. The first-order valence-electron chi connectivity index (χ1n) is 5.32. The molecule has 9 heteroatoms. The van der Waals surface area contributed by atoms with Gasteiger partial charge in [-0.25, -0.2) is 9.78 Å². The zero-order valence-corrected chi connectivity index (χ0v) is 9.86. The first-order valence-corrected chi connectivity index (χ1v) is 5.32. The van der Waals surface area contributed by atoms with Gasteiger partial charge in [0.2, 0.25) is 0 Å². The van der Waals surface area contributed by atoms with Crippen molar-refractivity contribution >= 4 is 23.3 Å². The number of aromatic amines is 1. The normalized spacial score (nSPS) is 10.0. The van der Waals surface area contributed by atoms with Crippen LogP contribution in [0.25, 0.3) is 0 Å². The summed E-state index contributed by atoms with van der Waals surface area (Å²) >= 11 is 0. The second kappa shape index (κ2) is 5.18. The summed E-state index contributed by atoms with van der Waals surface area (Å²) in [6, 6.07) is 5.51. The molecular weight excluding hydrogens is 268 g/mol. The molecule has 2 aromatic rings. The van der Waals surface area contributed by atoms with Gasteiger partial charge < -0.3 is 15.4 Å². The fourth-order valence-corrected chi connectivity index (χ4v) is 1.55. The highest BCUT2D eigenvalue weighted by Crippen LogP contribution is 2.23. The molecule has 1 aromatic carbocycles. The Bertz CT molecular complexity index is 694. The minimum atomic E-state index is -1.35. The third-order valence-electron chi connectivity index (χ3n) is 2.42. The number of aromatic carboxylic acids is 1. The van der Waals surface area contributed by atoms with Crippen molar-refractivity contribution in [3.63, 3.8) is 0 Å². The van der Waals surface area contributed by atoms with E-state index < -0.39 is 16.8 Å². The van der Waals surface area contributed by atoms with E-state index in [1.807, 2.05) is 0 Å². The molecule has 1 heterocycles. The Kier molecular flexibility index (Phi) is 3.42. The number of rotatable bonds is 4. The smallest absolute Gasteiger partial charge is 0.354 e. The SMILES string of the molecule is O=C(Nc1ccccc1[N+](=O)[O-])c1nc[nH]c1C(=O)O. The molecule has 0 aliphatic heterocycles. The predicted octanol–water partition coefficient (Wildman–Crippen LogP) is 1.27. The maximum atomic E-state index is 11.9. The molecule has 102 valence electrons. The van der Waals surface area contributed by atoms with Gasteiger partial charge in [0.15, 0.2) is 11.4 Å². The van der Waals surface area contributed by atoms with Crippen LogP contribution in [0.1, 0.15) is 21.0 Å². The molecule has 0 unspecified atom stereocenters. The van der Waals surface area contributed by atoms with Crippen molar-refractivity contribution in [2.75, 3.05) is 5.32 Å². The number of carbonyl (C=O) groups excluding carboxylic acids is 1. The lowest BCUT2D eigenvalue weighted by Crippen LogP contribution is -2.17. The van der Waals surface area contributed by atoms with E-state index in [0.29, 0.717) is 0 Å². The van der Waals surface area contributed by atoms with Gasteiger partial charge in [-0.1, -0.05) is 12.1 Å². The van der Waals surface area contributed by atoms with Crippen LogP contribution in [-0.4, -0.2) is 31.9 Å². The quantitative estimate of drug-likeness (QED) is 0.567. The van der Waals surface area contributed by atoms with Gasteiger partial charge in [-0.05, 0) is 6.07 Å². The van der Waals surface area contributed by atoms with Crippen molar-refractivity contribution in [2.24, 2.45) is 0 Å². The third kappa shape index (κ3) is 2.46. The molecule has 0 bridgehead atoms. The van der Waals surface area contributed by atoms with Crippen molar-refractivity contribution < 1.29 is 19.6 Å². The number of amides is 1. The molecule has 2 rings (SSSR count). The number of hydrogen-bond donors (Lipinski definition) is 3. The topological polar surface area (TPSA) is 138 Å². The van der Waals surface area contributed by atoms with Crippen LogP contribution >= 0.6 is 0 Å². The molecular formula is C11H8N4O5. The second-order valence-electron chi connectivity index (χ2n) is 3.66. The number of nitrogens with zero attached hydrogens (tertiary/aromatic N) is 2. The molecule has 0 saturated carbocycles. The number of carboxylic acids is 1. The van der Waals surface area contributed by atoms with Gasteiger partial charge in [0.25, 0.3) is 11.6 Å². The van der Waals surface area contributed by atoms with Crippen LogP contribution in [-0.2, 0) is 0 Å². The highest BCUT2D eigenvalue weighted by Gasteiger charge is 2.22. The third-order valence-corrected chi connectivity index (χ3v) is 2.42.